The molecule has 0 spiro atoms. The molecule has 0 aromatic heterocycles. The molecule has 0 aliphatic rings. The standard InChI is InChI=1S/C15H17ClN2O2S/c1-10-6-11(2)8-12(7-10)18(3)21(19,20)13-4-5-15(17)14(16)9-13/h4-9H,17H2,1-3H3. The summed E-state index contributed by atoms with van der Waals surface area (Å²) in [5, 5.41) is 0.227. The highest BCUT2D eigenvalue weighted by atomic mass is 35.5. The van der Waals surface area contributed by atoms with Crippen LogP contribution < -0.4 is 10.0 Å². The highest BCUT2D eigenvalue weighted by molar-refractivity contribution is 7.92. The van der Waals surface area contributed by atoms with E-state index in [1.165, 1.54) is 29.6 Å². The van der Waals surface area contributed by atoms with Crippen LogP contribution in [0.25, 0.3) is 0 Å². The van der Waals surface area contributed by atoms with Gasteiger partial charge in [0, 0.05) is 7.05 Å². The highest BCUT2D eigenvalue weighted by Gasteiger charge is 2.22. The lowest BCUT2D eigenvalue weighted by molar-refractivity contribution is 0.594. The quantitative estimate of drug-likeness (QED) is 0.880. The highest BCUT2D eigenvalue weighted by Crippen LogP contribution is 2.27. The van der Waals surface area contributed by atoms with Crippen LogP contribution in [0.3, 0.4) is 0 Å². The minimum atomic E-state index is -3.67. The second-order valence-electron chi connectivity index (χ2n) is 5.00. The van der Waals surface area contributed by atoms with E-state index in [2.05, 4.69) is 0 Å². The first-order chi connectivity index (χ1) is 9.71. The van der Waals surface area contributed by atoms with Crippen LogP contribution in [-0.2, 0) is 10.0 Å². The summed E-state index contributed by atoms with van der Waals surface area (Å²) in [7, 11) is -2.15. The van der Waals surface area contributed by atoms with Gasteiger partial charge in [0.25, 0.3) is 10.0 Å². The van der Waals surface area contributed by atoms with Crippen LogP contribution in [-0.4, -0.2) is 15.5 Å². The van der Waals surface area contributed by atoms with Crippen LogP contribution in [0.5, 0.6) is 0 Å². The fourth-order valence-electron chi connectivity index (χ4n) is 2.10. The number of nitrogen functional groups attached to an aromatic ring is 1. The third kappa shape index (κ3) is 3.14. The molecule has 2 aromatic rings. The molecular weight excluding hydrogens is 308 g/mol. The van der Waals surface area contributed by atoms with Gasteiger partial charge in [-0.1, -0.05) is 17.7 Å². The van der Waals surface area contributed by atoms with Crippen LogP contribution in [0.1, 0.15) is 11.1 Å². The predicted molar refractivity (Wildman–Crippen MR) is 87.4 cm³/mol. The number of nitrogens with zero attached hydrogens (tertiary/aromatic N) is 1. The Hall–Kier alpha value is -1.72. The molecule has 0 bridgehead atoms. The zero-order valence-electron chi connectivity index (χ0n) is 12.1. The summed E-state index contributed by atoms with van der Waals surface area (Å²) in [6.07, 6.45) is 0. The van der Waals surface area contributed by atoms with E-state index in [1.807, 2.05) is 32.0 Å². The molecule has 0 saturated heterocycles. The van der Waals surface area contributed by atoms with Gasteiger partial charge in [-0.3, -0.25) is 4.31 Å². The first kappa shape index (κ1) is 15.7. The first-order valence-corrected chi connectivity index (χ1v) is 8.16. The average Bonchev–Trinajstić information content (AvgIpc) is 2.39. The van der Waals surface area contributed by atoms with Crippen molar-refractivity contribution < 1.29 is 8.42 Å². The van der Waals surface area contributed by atoms with E-state index in [1.54, 1.807) is 0 Å². The van der Waals surface area contributed by atoms with Gasteiger partial charge >= 0.3 is 0 Å². The largest absolute Gasteiger partial charge is 0.398 e. The van der Waals surface area contributed by atoms with E-state index in [9.17, 15) is 8.42 Å². The Morgan fingerprint density at radius 1 is 1.05 bits per heavy atom. The van der Waals surface area contributed by atoms with Crippen molar-refractivity contribution in [1.29, 1.82) is 0 Å². The van der Waals surface area contributed by atoms with Crippen LogP contribution >= 0.6 is 11.6 Å². The van der Waals surface area contributed by atoms with Gasteiger partial charge in [0.15, 0.2) is 0 Å². The van der Waals surface area contributed by atoms with Gasteiger partial charge in [-0.2, -0.15) is 0 Å². The monoisotopic (exact) mass is 324 g/mol. The van der Waals surface area contributed by atoms with E-state index >= 15 is 0 Å². The van der Waals surface area contributed by atoms with Crippen molar-refractivity contribution >= 4 is 33.0 Å². The lowest BCUT2D eigenvalue weighted by Gasteiger charge is -2.21. The molecule has 2 aromatic carbocycles. The van der Waals surface area contributed by atoms with Crippen LogP contribution in [0, 0.1) is 13.8 Å². The number of hydrogen-bond donors (Lipinski definition) is 1. The smallest absolute Gasteiger partial charge is 0.264 e. The molecule has 4 nitrogen and oxygen atoms in total. The minimum absolute atomic E-state index is 0.114. The summed E-state index contributed by atoms with van der Waals surface area (Å²) in [6, 6.07) is 9.95. The van der Waals surface area contributed by atoms with E-state index in [0.29, 0.717) is 11.4 Å². The van der Waals surface area contributed by atoms with E-state index in [-0.39, 0.29) is 9.92 Å². The van der Waals surface area contributed by atoms with Crippen molar-refractivity contribution in [2.45, 2.75) is 18.7 Å². The Kier molecular flexibility index (Phi) is 4.16. The number of nitrogens with two attached hydrogens (primary N) is 1. The number of hydrogen-bond acceptors (Lipinski definition) is 3. The molecule has 0 radical (unpaired) electrons. The second kappa shape index (κ2) is 5.58. The van der Waals surface area contributed by atoms with Crippen molar-refractivity contribution in [1.82, 2.24) is 0 Å². The summed E-state index contributed by atoms with van der Waals surface area (Å²) < 4.78 is 26.5. The van der Waals surface area contributed by atoms with Crippen LogP contribution in [0.15, 0.2) is 41.3 Å². The maximum atomic E-state index is 12.6. The van der Waals surface area contributed by atoms with Crippen molar-refractivity contribution in [3.8, 4) is 0 Å². The number of rotatable bonds is 3. The van der Waals surface area contributed by atoms with E-state index in [4.69, 9.17) is 17.3 Å². The van der Waals surface area contributed by atoms with Gasteiger partial charge < -0.3 is 5.73 Å². The van der Waals surface area contributed by atoms with E-state index in [0.717, 1.165) is 11.1 Å². The fourth-order valence-corrected chi connectivity index (χ4v) is 3.55. The lowest BCUT2D eigenvalue weighted by atomic mass is 10.1. The number of anilines is 2. The fraction of sp³-hybridized carbons (Fsp3) is 0.200. The zero-order chi connectivity index (χ0) is 15.8. The Balaban J connectivity index is 2.49. The van der Waals surface area contributed by atoms with E-state index < -0.39 is 10.0 Å². The number of halogens is 1. The summed E-state index contributed by atoms with van der Waals surface area (Å²) in [6.45, 7) is 3.86. The van der Waals surface area contributed by atoms with Crippen molar-refractivity contribution in [2.24, 2.45) is 0 Å². The molecule has 0 saturated carbocycles. The second-order valence-corrected chi connectivity index (χ2v) is 7.38. The summed E-state index contributed by atoms with van der Waals surface area (Å²) in [5.74, 6) is 0. The molecule has 0 unspecified atom stereocenters. The van der Waals surface area contributed by atoms with Crippen LogP contribution in [0.2, 0.25) is 5.02 Å². The Morgan fingerprint density at radius 2 is 1.62 bits per heavy atom. The normalized spacial score (nSPS) is 11.4. The lowest BCUT2D eigenvalue weighted by Crippen LogP contribution is -2.26. The van der Waals surface area contributed by atoms with Gasteiger partial charge in [0.1, 0.15) is 0 Å². The van der Waals surface area contributed by atoms with Gasteiger partial charge in [0.2, 0.25) is 0 Å². The van der Waals surface area contributed by atoms with Crippen LogP contribution in [0.4, 0.5) is 11.4 Å². The third-order valence-electron chi connectivity index (χ3n) is 3.20. The first-order valence-electron chi connectivity index (χ1n) is 6.34. The molecule has 0 atom stereocenters. The number of sulfonamides is 1. The van der Waals surface area contributed by atoms with Gasteiger partial charge in [0.05, 0.1) is 21.3 Å². The molecule has 112 valence electrons. The molecule has 0 heterocycles. The molecule has 21 heavy (non-hydrogen) atoms. The Bertz CT molecular complexity index is 768. The molecule has 0 aliphatic carbocycles. The molecular formula is C15H17ClN2O2S. The van der Waals surface area contributed by atoms with Gasteiger partial charge in [-0.05, 0) is 55.3 Å². The third-order valence-corrected chi connectivity index (χ3v) is 5.31. The van der Waals surface area contributed by atoms with Crippen molar-refractivity contribution in [3.63, 3.8) is 0 Å². The Labute approximate surface area is 130 Å². The van der Waals surface area contributed by atoms with Gasteiger partial charge in [-0.25, -0.2) is 8.42 Å². The minimum Gasteiger partial charge on any atom is -0.398 e. The summed E-state index contributed by atoms with van der Waals surface area (Å²) in [4.78, 5) is 0.114. The molecule has 2 N–H and O–H groups in total. The van der Waals surface area contributed by atoms with Crippen molar-refractivity contribution in [3.05, 3.63) is 52.5 Å². The molecule has 0 fully saturated rings. The summed E-state index contributed by atoms with van der Waals surface area (Å²) in [5.41, 5.74) is 8.59. The number of benzene rings is 2. The topological polar surface area (TPSA) is 63.4 Å². The zero-order valence-corrected chi connectivity index (χ0v) is 13.7. The maximum Gasteiger partial charge on any atom is 0.264 e. The van der Waals surface area contributed by atoms with Gasteiger partial charge in [-0.15, -0.1) is 0 Å². The molecule has 2 rings (SSSR count). The molecule has 6 heteroatoms. The SMILES string of the molecule is Cc1cc(C)cc(N(C)S(=O)(=O)c2ccc(N)c(Cl)c2)c1. The average molecular weight is 325 g/mol. The maximum absolute atomic E-state index is 12.6. The number of aryl methyl sites for hydroxylation is 2. The predicted octanol–water partition coefficient (Wildman–Crippen LogP) is 3.36. The Morgan fingerprint density at radius 3 is 2.14 bits per heavy atom. The summed E-state index contributed by atoms with van der Waals surface area (Å²) >= 11 is 5.91. The molecule has 0 aliphatic heterocycles. The van der Waals surface area contributed by atoms with Crippen molar-refractivity contribution in [2.75, 3.05) is 17.1 Å². The molecule has 0 amide bonds.